The Bertz CT molecular complexity index is 801. The third-order valence-corrected chi connectivity index (χ3v) is 4.23. The van der Waals surface area contributed by atoms with Crippen molar-refractivity contribution >= 4 is 11.8 Å². The summed E-state index contributed by atoms with van der Waals surface area (Å²) in [7, 11) is 0. The second kappa shape index (κ2) is 6.50. The fourth-order valence-corrected chi connectivity index (χ4v) is 2.87. The van der Waals surface area contributed by atoms with Crippen LogP contribution in [0.4, 0.5) is 0 Å². The maximum Gasteiger partial charge on any atom is 0.228 e. The molecule has 3 aromatic rings. The van der Waals surface area contributed by atoms with Gasteiger partial charge in [0.2, 0.25) is 5.89 Å². The first-order valence-corrected chi connectivity index (χ1v) is 7.89. The Hall–Kier alpha value is -2.51. The number of aromatic nitrogens is 1. The summed E-state index contributed by atoms with van der Waals surface area (Å²) in [4.78, 5) is 4.29. The first-order chi connectivity index (χ1) is 10.8. The predicted molar refractivity (Wildman–Crippen MR) is 87.4 cm³/mol. The zero-order chi connectivity index (χ0) is 15.4. The van der Waals surface area contributed by atoms with E-state index >= 15 is 0 Å². The zero-order valence-electron chi connectivity index (χ0n) is 12.1. The average molecular weight is 306 g/mol. The van der Waals surface area contributed by atoms with Gasteiger partial charge in [-0.05, 0) is 24.6 Å². The van der Waals surface area contributed by atoms with Crippen molar-refractivity contribution in [3.8, 4) is 17.5 Å². The van der Waals surface area contributed by atoms with Gasteiger partial charge in [-0.15, -0.1) is 0 Å². The number of thioether (sulfide) groups is 1. The quantitative estimate of drug-likeness (QED) is 0.649. The number of oxazole rings is 1. The molecule has 3 rings (SSSR count). The van der Waals surface area contributed by atoms with Crippen LogP contribution in [0, 0.1) is 18.3 Å². The monoisotopic (exact) mass is 306 g/mol. The van der Waals surface area contributed by atoms with E-state index in [-0.39, 0.29) is 0 Å². The summed E-state index contributed by atoms with van der Waals surface area (Å²) in [6, 6.07) is 20.1. The molecule has 0 saturated heterocycles. The minimum absolute atomic E-state index is 0.344. The van der Waals surface area contributed by atoms with Crippen molar-refractivity contribution in [3.05, 3.63) is 71.4 Å². The van der Waals surface area contributed by atoms with Crippen molar-refractivity contribution in [2.24, 2.45) is 0 Å². The molecule has 0 aliphatic rings. The second-order valence-corrected chi connectivity index (χ2v) is 5.86. The van der Waals surface area contributed by atoms with Gasteiger partial charge in [-0.25, -0.2) is 0 Å². The molecule has 0 saturated carbocycles. The van der Waals surface area contributed by atoms with Gasteiger partial charge >= 0.3 is 0 Å². The molecule has 4 heteroatoms. The second-order valence-electron chi connectivity index (χ2n) is 4.91. The SMILES string of the molecule is Cc1ccc(-c2nc(C#N)c(SCc3ccccc3)o2)cc1. The number of aryl methyl sites for hydroxylation is 1. The fourth-order valence-electron chi connectivity index (χ4n) is 2.02. The van der Waals surface area contributed by atoms with E-state index < -0.39 is 0 Å². The number of benzene rings is 2. The molecule has 1 aromatic heterocycles. The van der Waals surface area contributed by atoms with E-state index in [0.717, 1.165) is 11.3 Å². The van der Waals surface area contributed by atoms with E-state index in [0.29, 0.717) is 16.7 Å². The van der Waals surface area contributed by atoms with Crippen molar-refractivity contribution in [2.75, 3.05) is 0 Å². The highest BCUT2D eigenvalue weighted by atomic mass is 32.2. The molecule has 2 aromatic carbocycles. The Morgan fingerprint density at radius 3 is 2.50 bits per heavy atom. The minimum Gasteiger partial charge on any atom is -0.428 e. The van der Waals surface area contributed by atoms with E-state index in [2.05, 4.69) is 23.2 Å². The lowest BCUT2D eigenvalue weighted by atomic mass is 10.1. The van der Waals surface area contributed by atoms with E-state index in [4.69, 9.17) is 4.42 Å². The topological polar surface area (TPSA) is 49.8 Å². The molecule has 1 heterocycles. The van der Waals surface area contributed by atoms with Gasteiger partial charge in [0.15, 0.2) is 10.8 Å². The maximum absolute atomic E-state index is 9.23. The summed E-state index contributed by atoms with van der Waals surface area (Å²) >= 11 is 1.49. The number of rotatable bonds is 4. The first-order valence-electron chi connectivity index (χ1n) is 6.91. The lowest BCUT2D eigenvalue weighted by Gasteiger charge is -1.98. The molecule has 0 amide bonds. The van der Waals surface area contributed by atoms with Crippen molar-refractivity contribution in [1.29, 1.82) is 5.26 Å². The van der Waals surface area contributed by atoms with Crippen molar-refractivity contribution < 1.29 is 4.42 Å². The normalized spacial score (nSPS) is 10.4. The van der Waals surface area contributed by atoms with E-state index in [1.54, 1.807) is 0 Å². The molecule has 0 fully saturated rings. The number of nitriles is 1. The molecule has 0 bridgehead atoms. The Morgan fingerprint density at radius 1 is 1.09 bits per heavy atom. The zero-order valence-corrected chi connectivity index (χ0v) is 12.9. The highest BCUT2D eigenvalue weighted by molar-refractivity contribution is 7.98. The van der Waals surface area contributed by atoms with Crippen molar-refractivity contribution in [1.82, 2.24) is 4.98 Å². The van der Waals surface area contributed by atoms with Crippen LogP contribution < -0.4 is 0 Å². The van der Waals surface area contributed by atoms with Gasteiger partial charge in [-0.3, -0.25) is 0 Å². The Balaban J connectivity index is 1.83. The highest BCUT2D eigenvalue weighted by Crippen LogP contribution is 2.31. The standard InChI is InChI=1S/C18H14N2OS/c1-13-7-9-15(10-8-13)17-20-16(11-19)18(21-17)22-12-14-5-3-2-4-6-14/h2-10H,12H2,1H3. The molecule has 0 aliphatic carbocycles. The molecule has 0 N–H and O–H groups in total. The highest BCUT2D eigenvalue weighted by Gasteiger charge is 2.15. The molecule has 0 spiro atoms. The maximum atomic E-state index is 9.23. The van der Waals surface area contributed by atoms with Crippen LogP contribution in [0.1, 0.15) is 16.8 Å². The van der Waals surface area contributed by atoms with Gasteiger partial charge in [0.05, 0.1) is 0 Å². The molecule has 0 unspecified atom stereocenters. The van der Waals surface area contributed by atoms with Gasteiger partial charge < -0.3 is 4.42 Å². The van der Waals surface area contributed by atoms with Gasteiger partial charge in [0, 0.05) is 11.3 Å². The number of hydrogen-bond donors (Lipinski definition) is 0. The molecular formula is C18H14N2OS. The summed E-state index contributed by atoms with van der Waals surface area (Å²) in [6.07, 6.45) is 0. The first kappa shape index (κ1) is 14.4. The summed E-state index contributed by atoms with van der Waals surface area (Å²) < 4.78 is 5.78. The molecule has 108 valence electrons. The van der Waals surface area contributed by atoms with Crippen LogP contribution in [0.25, 0.3) is 11.5 Å². The minimum atomic E-state index is 0.344. The van der Waals surface area contributed by atoms with Crippen LogP contribution in [0.2, 0.25) is 0 Å². The third-order valence-electron chi connectivity index (χ3n) is 3.21. The van der Waals surface area contributed by atoms with Crippen LogP contribution in [-0.4, -0.2) is 4.98 Å². The van der Waals surface area contributed by atoms with Crippen LogP contribution in [0.15, 0.2) is 64.1 Å². The van der Waals surface area contributed by atoms with Crippen LogP contribution in [-0.2, 0) is 5.75 Å². The lowest BCUT2D eigenvalue weighted by Crippen LogP contribution is -1.81. The summed E-state index contributed by atoms with van der Waals surface area (Å²) in [5.74, 6) is 1.24. The molecule has 0 aliphatic heterocycles. The fraction of sp³-hybridized carbons (Fsp3) is 0.111. The Morgan fingerprint density at radius 2 is 1.82 bits per heavy atom. The molecule has 3 nitrogen and oxygen atoms in total. The van der Waals surface area contributed by atoms with Crippen LogP contribution in [0.3, 0.4) is 0 Å². The average Bonchev–Trinajstić information content (AvgIpc) is 2.98. The summed E-state index contributed by atoms with van der Waals surface area (Å²) in [5, 5.41) is 9.81. The molecule has 0 radical (unpaired) electrons. The number of nitrogens with zero attached hydrogens (tertiary/aromatic N) is 2. The molecular weight excluding hydrogens is 292 g/mol. The third kappa shape index (κ3) is 3.21. The molecule has 22 heavy (non-hydrogen) atoms. The molecule has 0 atom stereocenters. The Labute approximate surface area is 133 Å². The smallest absolute Gasteiger partial charge is 0.228 e. The van der Waals surface area contributed by atoms with Gasteiger partial charge in [0.1, 0.15) is 6.07 Å². The largest absolute Gasteiger partial charge is 0.428 e. The van der Waals surface area contributed by atoms with Gasteiger partial charge in [0.25, 0.3) is 0 Å². The van der Waals surface area contributed by atoms with Gasteiger partial charge in [-0.1, -0.05) is 59.8 Å². The summed E-state index contributed by atoms with van der Waals surface area (Å²) in [6.45, 7) is 2.03. The summed E-state index contributed by atoms with van der Waals surface area (Å²) in [5.41, 5.74) is 3.59. The lowest BCUT2D eigenvalue weighted by molar-refractivity contribution is 0.483. The van der Waals surface area contributed by atoms with Gasteiger partial charge in [-0.2, -0.15) is 10.2 Å². The predicted octanol–water partition coefficient (Wildman–Crippen LogP) is 4.81. The van der Waals surface area contributed by atoms with E-state index in [1.807, 2.05) is 49.4 Å². The van der Waals surface area contributed by atoms with E-state index in [9.17, 15) is 5.26 Å². The Kier molecular flexibility index (Phi) is 4.27. The van der Waals surface area contributed by atoms with E-state index in [1.165, 1.54) is 22.9 Å². The van der Waals surface area contributed by atoms with Crippen molar-refractivity contribution in [2.45, 2.75) is 17.8 Å². The van der Waals surface area contributed by atoms with Crippen LogP contribution in [0.5, 0.6) is 0 Å². The number of hydrogen-bond acceptors (Lipinski definition) is 4. The van der Waals surface area contributed by atoms with Crippen molar-refractivity contribution in [3.63, 3.8) is 0 Å². The van der Waals surface area contributed by atoms with Crippen LogP contribution >= 0.6 is 11.8 Å².